The molecule has 1 N–H and O–H groups in total. The highest BCUT2D eigenvalue weighted by molar-refractivity contribution is 7.91. The van der Waals surface area contributed by atoms with Crippen molar-refractivity contribution in [2.75, 3.05) is 31.9 Å². The smallest absolute Gasteiger partial charge is 0.234 e. The van der Waals surface area contributed by atoms with Gasteiger partial charge in [-0.3, -0.25) is 9.69 Å². The van der Waals surface area contributed by atoms with Crippen molar-refractivity contribution in [2.45, 2.75) is 32.6 Å². The lowest BCUT2D eigenvalue weighted by molar-refractivity contribution is -0.122. The highest BCUT2D eigenvalue weighted by atomic mass is 32.2. The summed E-state index contributed by atoms with van der Waals surface area (Å²) in [6.45, 7) is 9.26. The van der Waals surface area contributed by atoms with Crippen LogP contribution in [0, 0.1) is 13.8 Å². The fraction of sp³-hybridized carbons (Fsp3) is 0.562. The minimum Gasteiger partial charge on any atom is -0.355 e. The Morgan fingerprint density at radius 3 is 2.50 bits per heavy atom. The molecule has 0 aliphatic rings. The summed E-state index contributed by atoms with van der Waals surface area (Å²) in [4.78, 5) is 13.8. The summed E-state index contributed by atoms with van der Waals surface area (Å²) in [5, 5.41) is 2.73. The largest absolute Gasteiger partial charge is 0.355 e. The van der Waals surface area contributed by atoms with Crippen LogP contribution in [0.1, 0.15) is 25.0 Å². The summed E-state index contributed by atoms with van der Waals surface area (Å²) in [5.74, 6) is -0.0571. The molecule has 0 saturated carbocycles. The van der Waals surface area contributed by atoms with Gasteiger partial charge in [-0.05, 0) is 44.5 Å². The predicted octanol–water partition coefficient (Wildman–Crippen LogP) is 1.54. The Hall–Kier alpha value is -1.40. The number of rotatable bonds is 8. The zero-order chi connectivity index (χ0) is 16.8. The molecule has 0 unspecified atom stereocenters. The Morgan fingerprint density at radius 2 is 1.91 bits per heavy atom. The number of likely N-dealkylation sites (N-methyl/N-ethyl adjacent to an activating group) is 2. The lowest BCUT2D eigenvalue weighted by Crippen LogP contribution is -2.39. The van der Waals surface area contributed by atoms with Crippen molar-refractivity contribution in [3.8, 4) is 0 Å². The molecule has 0 fully saturated rings. The second-order valence-electron chi connectivity index (χ2n) is 5.41. The second-order valence-corrected chi connectivity index (χ2v) is 7.49. The number of nitrogens with zero attached hydrogens (tertiary/aromatic N) is 1. The van der Waals surface area contributed by atoms with Gasteiger partial charge in [0, 0.05) is 13.1 Å². The number of nitrogens with one attached hydrogen (secondary N) is 1. The van der Waals surface area contributed by atoms with Crippen molar-refractivity contribution in [3.63, 3.8) is 0 Å². The average Bonchev–Trinajstić information content (AvgIpc) is 2.46. The van der Waals surface area contributed by atoms with Gasteiger partial charge in [-0.2, -0.15) is 0 Å². The number of hydrogen-bond donors (Lipinski definition) is 1. The third-order valence-corrected chi connectivity index (χ3v) is 5.37. The van der Waals surface area contributed by atoms with E-state index in [1.807, 2.05) is 37.8 Å². The van der Waals surface area contributed by atoms with E-state index in [9.17, 15) is 13.2 Å². The zero-order valence-corrected chi connectivity index (χ0v) is 14.7. The lowest BCUT2D eigenvalue weighted by Gasteiger charge is -2.20. The van der Waals surface area contributed by atoms with Crippen LogP contribution in [0.5, 0.6) is 0 Å². The molecule has 124 valence electrons. The average molecular weight is 326 g/mol. The third kappa shape index (κ3) is 5.42. The molecule has 0 bridgehead atoms. The van der Waals surface area contributed by atoms with E-state index in [4.69, 9.17) is 0 Å². The van der Waals surface area contributed by atoms with E-state index < -0.39 is 9.84 Å². The number of sulfone groups is 1. The zero-order valence-electron chi connectivity index (χ0n) is 13.8. The summed E-state index contributed by atoms with van der Waals surface area (Å²) in [7, 11) is -3.34. The summed E-state index contributed by atoms with van der Waals surface area (Å²) < 4.78 is 25.0. The molecule has 0 aromatic heterocycles. The van der Waals surface area contributed by atoms with Crippen molar-refractivity contribution < 1.29 is 13.2 Å². The summed E-state index contributed by atoms with van der Waals surface area (Å²) >= 11 is 0. The number of carbonyl (C=O) groups is 1. The van der Waals surface area contributed by atoms with Crippen LogP contribution in [0.15, 0.2) is 23.1 Å². The van der Waals surface area contributed by atoms with Gasteiger partial charge in [-0.1, -0.05) is 19.1 Å². The van der Waals surface area contributed by atoms with Crippen molar-refractivity contribution >= 4 is 15.7 Å². The van der Waals surface area contributed by atoms with Crippen LogP contribution in [0.3, 0.4) is 0 Å². The highest BCUT2D eigenvalue weighted by Crippen LogP contribution is 2.18. The quantitative estimate of drug-likeness (QED) is 0.787. The number of benzene rings is 1. The Labute approximate surface area is 133 Å². The van der Waals surface area contributed by atoms with E-state index in [1.54, 1.807) is 13.0 Å². The van der Waals surface area contributed by atoms with Gasteiger partial charge in [0.1, 0.15) is 0 Å². The molecule has 0 atom stereocenters. The van der Waals surface area contributed by atoms with Gasteiger partial charge in [0.05, 0.1) is 17.2 Å². The fourth-order valence-electron chi connectivity index (χ4n) is 2.21. The fourth-order valence-corrected chi connectivity index (χ4v) is 3.85. The first kappa shape index (κ1) is 18.6. The van der Waals surface area contributed by atoms with Gasteiger partial charge in [0.2, 0.25) is 5.91 Å². The maximum Gasteiger partial charge on any atom is 0.234 e. The summed E-state index contributed by atoms with van der Waals surface area (Å²) in [6.07, 6.45) is 0. The van der Waals surface area contributed by atoms with Crippen molar-refractivity contribution in [1.29, 1.82) is 0 Å². The van der Waals surface area contributed by atoms with E-state index in [0.717, 1.165) is 11.1 Å². The Morgan fingerprint density at radius 1 is 1.23 bits per heavy atom. The van der Waals surface area contributed by atoms with Crippen LogP contribution in [-0.2, 0) is 14.6 Å². The van der Waals surface area contributed by atoms with E-state index in [0.29, 0.717) is 24.5 Å². The first-order chi connectivity index (χ1) is 10.3. The maximum absolute atomic E-state index is 12.5. The first-order valence-electron chi connectivity index (χ1n) is 7.59. The number of carbonyl (C=O) groups excluding carboxylic acids is 1. The Bertz CT molecular complexity index is 612. The van der Waals surface area contributed by atoms with Crippen LogP contribution >= 0.6 is 0 Å². The van der Waals surface area contributed by atoms with Gasteiger partial charge >= 0.3 is 0 Å². The van der Waals surface area contributed by atoms with E-state index in [2.05, 4.69) is 5.32 Å². The van der Waals surface area contributed by atoms with Crippen molar-refractivity contribution in [2.24, 2.45) is 0 Å². The molecule has 5 nitrogen and oxygen atoms in total. The van der Waals surface area contributed by atoms with Gasteiger partial charge in [0.15, 0.2) is 9.84 Å². The number of amides is 1. The van der Waals surface area contributed by atoms with Crippen molar-refractivity contribution in [3.05, 3.63) is 29.3 Å². The van der Waals surface area contributed by atoms with Gasteiger partial charge in [-0.15, -0.1) is 0 Å². The summed E-state index contributed by atoms with van der Waals surface area (Å²) in [6, 6.07) is 5.45. The monoisotopic (exact) mass is 326 g/mol. The minimum atomic E-state index is -3.34. The van der Waals surface area contributed by atoms with Crippen LogP contribution in [0.4, 0.5) is 0 Å². The van der Waals surface area contributed by atoms with Gasteiger partial charge in [0.25, 0.3) is 0 Å². The lowest BCUT2D eigenvalue weighted by atomic mass is 10.2. The van der Waals surface area contributed by atoms with Crippen LogP contribution < -0.4 is 5.32 Å². The summed E-state index contributed by atoms with van der Waals surface area (Å²) in [5.41, 5.74) is 1.69. The van der Waals surface area contributed by atoms with Gasteiger partial charge in [-0.25, -0.2) is 8.42 Å². The molecule has 1 aromatic carbocycles. The second kappa shape index (κ2) is 8.29. The molecule has 22 heavy (non-hydrogen) atoms. The molecule has 0 radical (unpaired) electrons. The minimum absolute atomic E-state index is 0.0184. The van der Waals surface area contributed by atoms with E-state index in [1.165, 1.54) is 0 Å². The van der Waals surface area contributed by atoms with E-state index >= 15 is 0 Å². The van der Waals surface area contributed by atoms with Crippen LogP contribution in [0.25, 0.3) is 0 Å². The molecule has 0 saturated heterocycles. The molecule has 1 amide bonds. The topological polar surface area (TPSA) is 66.5 Å². The standard InChI is InChI=1S/C16H26N2O3S/c1-5-17-16(19)12-18(6-2)9-10-22(20,21)15-11-13(3)7-8-14(15)4/h7-8,11H,5-6,9-10,12H2,1-4H3,(H,17,19). The first-order valence-corrected chi connectivity index (χ1v) is 9.24. The highest BCUT2D eigenvalue weighted by Gasteiger charge is 2.19. The van der Waals surface area contributed by atoms with Crippen LogP contribution in [-0.4, -0.2) is 51.2 Å². The molecular weight excluding hydrogens is 300 g/mol. The molecule has 0 aliphatic carbocycles. The SMILES string of the molecule is CCNC(=O)CN(CC)CCS(=O)(=O)c1cc(C)ccc1C. The van der Waals surface area contributed by atoms with Crippen LogP contribution in [0.2, 0.25) is 0 Å². The third-order valence-electron chi connectivity index (χ3n) is 3.54. The number of hydrogen-bond acceptors (Lipinski definition) is 4. The maximum atomic E-state index is 12.5. The number of aryl methyl sites for hydroxylation is 2. The molecule has 0 spiro atoms. The molecule has 1 aromatic rings. The Balaban J connectivity index is 2.75. The van der Waals surface area contributed by atoms with Crippen molar-refractivity contribution in [1.82, 2.24) is 10.2 Å². The Kier molecular flexibility index (Phi) is 7.03. The molecule has 6 heteroatoms. The molecule has 0 heterocycles. The normalized spacial score (nSPS) is 11.7. The predicted molar refractivity (Wildman–Crippen MR) is 88.8 cm³/mol. The van der Waals surface area contributed by atoms with E-state index in [-0.39, 0.29) is 18.2 Å². The molecule has 0 aliphatic heterocycles. The van der Waals surface area contributed by atoms with Gasteiger partial charge < -0.3 is 5.32 Å². The molecule has 1 rings (SSSR count). The molecular formula is C16H26N2O3S.